The lowest BCUT2D eigenvalue weighted by Gasteiger charge is -2.48. The zero-order valence-electron chi connectivity index (χ0n) is 11.5. The predicted molar refractivity (Wildman–Crippen MR) is 68.1 cm³/mol. The number of ether oxygens (including phenoxy) is 1. The van der Waals surface area contributed by atoms with Crippen LogP contribution in [-0.4, -0.2) is 45.9 Å². The second-order valence-electron chi connectivity index (χ2n) is 6.69. The van der Waals surface area contributed by atoms with Gasteiger partial charge in [0.1, 0.15) is 11.2 Å². The first kappa shape index (κ1) is 13.6. The molecule has 1 saturated heterocycles. The molecular formula is C13H24N2O3. The molecule has 0 aromatic rings. The van der Waals surface area contributed by atoms with E-state index in [2.05, 4.69) is 0 Å². The second kappa shape index (κ2) is 4.10. The fourth-order valence-electron chi connectivity index (χ4n) is 2.71. The fraction of sp³-hybridized carbons (Fsp3) is 0.923. The molecule has 0 spiro atoms. The van der Waals surface area contributed by atoms with Gasteiger partial charge in [-0.3, -0.25) is 0 Å². The minimum absolute atomic E-state index is 0.290. The molecule has 1 heterocycles. The highest BCUT2D eigenvalue weighted by atomic mass is 16.6. The van der Waals surface area contributed by atoms with Gasteiger partial charge in [-0.1, -0.05) is 0 Å². The van der Waals surface area contributed by atoms with E-state index >= 15 is 0 Å². The summed E-state index contributed by atoms with van der Waals surface area (Å²) in [5.74, 6) is 0. The van der Waals surface area contributed by atoms with Crippen LogP contribution in [0.1, 0.15) is 46.5 Å². The van der Waals surface area contributed by atoms with Crippen molar-refractivity contribution in [1.29, 1.82) is 0 Å². The summed E-state index contributed by atoms with van der Waals surface area (Å²) in [6, 6.07) is 0. The molecule has 3 N–H and O–H groups in total. The van der Waals surface area contributed by atoms with Gasteiger partial charge in [0.2, 0.25) is 0 Å². The summed E-state index contributed by atoms with van der Waals surface area (Å²) in [5.41, 5.74) is 4.25. The van der Waals surface area contributed by atoms with Crippen LogP contribution in [0.25, 0.3) is 0 Å². The molecule has 1 unspecified atom stereocenters. The molecule has 5 nitrogen and oxygen atoms in total. The maximum atomic E-state index is 11.9. The maximum Gasteiger partial charge on any atom is 0.410 e. The molecule has 1 amide bonds. The standard InChI is InChI=1S/C13H24N2O3/c1-11(2,3)18-10(16)15-8-7-13(17,9-15)12(14)5-4-6-12/h17H,4-9,14H2,1-3H3. The van der Waals surface area contributed by atoms with Gasteiger partial charge in [0.25, 0.3) is 0 Å². The van der Waals surface area contributed by atoms with Crippen LogP contribution in [-0.2, 0) is 4.74 Å². The van der Waals surface area contributed by atoms with Gasteiger partial charge in [-0.25, -0.2) is 4.79 Å². The molecule has 1 aliphatic heterocycles. The molecule has 0 radical (unpaired) electrons. The third-order valence-electron chi connectivity index (χ3n) is 4.07. The average Bonchev–Trinajstić information content (AvgIpc) is 2.56. The number of rotatable bonds is 1. The number of likely N-dealkylation sites (tertiary alicyclic amines) is 1. The number of hydrogen-bond donors (Lipinski definition) is 2. The summed E-state index contributed by atoms with van der Waals surface area (Å²) < 4.78 is 5.31. The van der Waals surface area contributed by atoms with Crippen LogP contribution in [0.4, 0.5) is 4.79 Å². The number of nitrogens with zero attached hydrogens (tertiary/aromatic N) is 1. The van der Waals surface area contributed by atoms with Gasteiger partial charge in [0, 0.05) is 12.1 Å². The molecule has 0 aromatic heterocycles. The first-order valence-corrected chi connectivity index (χ1v) is 6.64. The summed E-state index contributed by atoms with van der Waals surface area (Å²) in [5, 5.41) is 10.6. The lowest BCUT2D eigenvalue weighted by molar-refractivity contribution is -0.0624. The predicted octanol–water partition coefficient (Wildman–Crippen LogP) is 1.24. The summed E-state index contributed by atoms with van der Waals surface area (Å²) >= 11 is 0. The quantitative estimate of drug-likeness (QED) is 0.740. The largest absolute Gasteiger partial charge is 0.444 e. The van der Waals surface area contributed by atoms with Crippen molar-refractivity contribution in [2.45, 2.75) is 63.2 Å². The van der Waals surface area contributed by atoms with E-state index in [1.165, 1.54) is 0 Å². The normalized spacial score (nSPS) is 31.1. The molecule has 5 heteroatoms. The topological polar surface area (TPSA) is 75.8 Å². The highest BCUT2D eigenvalue weighted by molar-refractivity contribution is 5.68. The molecule has 0 bridgehead atoms. The Morgan fingerprint density at radius 2 is 1.94 bits per heavy atom. The van der Waals surface area contributed by atoms with Gasteiger partial charge >= 0.3 is 6.09 Å². The van der Waals surface area contributed by atoms with Gasteiger partial charge < -0.3 is 20.5 Å². The van der Waals surface area contributed by atoms with Crippen LogP contribution in [0, 0.1) is 0 Å². The smallest absolute Gasteiger partial charge is 0.410 e. The number of nitrogens with two attached hydrogens (primary N) is 1. The monoisotopic (exact) mass is 256 g/mol. The lowest BCUT2D eigenvalue weighted by Crippen LogP contribution is -2.65. The molecule has 18 heavy (non-hydrogen) atoms. The van der Waals surface area contributed by atoms with Gasteiger partial charge in [0.15, 0.2) is 0 Å². The number of aliphatic hydroxyl groups is 1. The van der Waals surface area contributed by atoms with Crippen molar-refractivity contribution < 1.29 is 14.6 Å². The minimum atomic E-state index is -0.942. The number of carbonyl (C=O) groups is 1. The molecule has 0 aromatic carbocycles. The minimum Gasteiger partial charge on any atom is -0.444 e. The van der Waals surface area contributed by atoms with Gasteiger partial charge in [-0.15, -0.1) is 0 Å². The first-order chi connectivity index (χ1) is 8.15. The van der Waals surface area contributed by atoms with Crippen molar-refractivity contribution in [3.8, 4) is 0 Å². The molecule has 1 saturated carbocycles. The number of β-amino-alcohol motifs (C(OH)–C–C–N with tert-alkyl or cyclic N) is 1. The second-order valence-corrected chi connectivity index (χ2v) is 6.69. The van der Waals surface area contributed by atoms with E-state index in [4.69, 9.17) is 10.5 Å². The molecule has 1 aliphatic carbocycles. The lowest BCUT2D eigenvalue weighted by atomic mass is 9.65. The Hall–Kier alpha value is -0.810. The van der Waals surface area contributed by atoms with Crippen LogP contribution in [0.2, 0.25) is 0 Å². The fourth-order valence-corrected chi connectivity index (χ4v) is 2.71. The first-order valence-electron chi connectivity index (χ1n) is 6.64. The van der Waals surface area contributed by atoms with E-state index in [-0.39, 0.29) is 6.09 Å². The van der Waals surface area contributed by atoms with Crippen molar-refractivity contribution in [2.24, 2.45) is 5.73 Å². The SMILES string of the molecule is CC(C)(C)OC(=O)N1CCC(O)(C2(N)CCC2)C1. The Kier molecular flexibility index (Phi) is 3.10. The van der Waals surface area contributed by atoms with Gasteiger partial charge in [-0.05, 0) is 46.5 Å². The van der Waals surface area contributed by atoms with E-state index in [1.54, 1.807) is 4.90 Å². The molecule has 2 aliphatic rings. The number of hydrogen-bond acceptors (Lipinski definition) is 4. The van der Waals surface area contributed by atoms with Crippen LogP contribution in [0.15, 0.2) is 0 Å². The van der Waals surface area contributed by atoms with Crippen LogP contribution in [0.5, 0.6) is 0 Å². The highest BCUT2D eigenvalue weighted by Gasteiger charge is 2.55. The van der Waals surface area contributed by atoms with Crippen molar-refractivity contribution in [2.75, 3.05) is 13.1 Å². The number of carbonyl (C=O) groups excluding carboxylic acids is 1. The Labute approximate surface area is 108 Å². The van der Waals surface area contributed by atoms with Crippen LogP contribution >= 0.6 is 0 Å². The van der Waals surface area contributed by atoms with Crippen LogP contribution < -0.4 is 5.73 Å². The third-order valence-corrected chi connectivity index (χ3v) is 4.07. The average molecular weight is 256 g/mol. The Bertz CT molecular complexity index is 347. The molecular weight excluding hydrogens is 232 g/mol. The van der Waals surface area contributed by atoms with Gasteiger partial charge in [-0.2, -0.15) is 0 Å². The summed E-state index contributed by atoms with van der Waals surface area (Å²) in [4.78, 5) is 13.5. The Morgan fingerprint density at radius 3 is 2.39 bits per heavy atom. The molecule has 2 rings (SSSR count). The van der Waals surface area contributed by atoms with Crippen LogP contribution in [0.3, 0.4) is 0 Å². The van der Waals surface area contributed by atoms with E-state index in [1.807, 2.05) is 20.8 Å². The maximum absolute atomic E-state index is 11.9. The summed E-state index contributed by atoms with van der Waals surface area (Å²) in [7, 11) is 0. The van der Waals surface area contributed by atoms with E-state index < -0.39 is 16.7 Å². The van der Waals surface area contributed by atoms with Crippen molar-refractivity contribution in [3.63, 3.8) is 0 Å². The number of amides is 1. The Morgan fingerprint density at radius 1 is 1.33 bits per heavy atom. The molecule has 104 valence electrons. The van der Waals surface area contributed by atoms with Gasteiger partial charge in [0.05, 0.1) is 6.54 Å². The van der Waals surface area contributed by atoms with Crippen molar-refractivity contribution in [3.05, 3.63) is 0 Å². The van der Waals surface area contributed by atoms with Crippen molar-refractivity contribution >= 4 is 6.09 Å². The third kappa shape index (κ3) is 2.34. The Balaban J connectivity index is 1.98. The molecule has 1 atom stereocenters. The van der Waals surface area contributed by atoms with Crippen molar-refractivity contribution in [1.82, 2.24) is 4.90 Å². The summed E-state index contributed by atoms with van der Waals surface area (Å²) in [6.45, 7) is 6.32. The van der Waals surface area contributed by atoms with E-state index in [9.17, 15) is 9.90 Å². The highest BCUT2D eigenvalue weighted by Crippen LogP contribution is 2.43. The molecule has 2 fully saturated rings. The zero-order chi connectivity index (χ0) is 13.6. The summed E-state index contributed by atoms with van der Waals surface area (Å²) in [6.07, 6.45) is 2.92. The van der Waals surface area contributed by atoms with E-state index in [0.29, 0.717) is 19.5 Å². The zero-order valence-corrected chi connectivity index (χ0v) is 11.5. The van der Waals surface area contributed by atoms with E-state index in [0.717, 1.165) is 19.3 Å².